The maximum atomic E-state index is 4.50. The summed E-state index contributed by atoms with van der Waals surface area (Å²) in [4.78, 5) is 8.71. The molecule has 1 aromatic heterocycles. The number of aromatic nitrogens is 1. The number of unbranched alkanes of at least 4 members (excludes halogenated alkanes) is 1. The molecule has 0 aromatic carbocycles. The van der Waals surface area contributed by atoms with E-state index in [4.69, 9.17) is 0 Å². The molecule has 5 nitrogen and oxygen atoms in total. The van der Waals surface area contributed by atoms with Crippen molar-refractivity contribution in [2.45, 2.75) is 26.7 Å². The van der Waals surface area contributed by atoms with Gasteiger partial charge in [0.15, 0.2) is 5.96 Å². The number of hydrogen-bond acceptors (Lipinski definition) is 3. The van der Waals surface area contributed by atoms with Crippen LogP contribution in [0.15, 0.2) is 29.4 Å². The summed E-state index contributed by atoms with van der Waals surface area (Å²) in [5, 5.41) is 9.72. The Morgan fingerprint density at radius 2 is 1.95 bits per heavy atom. The molecule has 3 N–H and O–H groups in total. The SMILES string of the molecule is CCNC(=NCCCCNc1ccccn1)NCC. The Kier molecular flexibility index (Phi) is 8.18. The van der Waals surface area contributed by atoms with Gasteiger partial charge in [0, 0.05) is 32.4 Å². The van der Waals surface area contributed by atoms with E-state index >= 15 is 0 Å². The van der Waals surface area contributed by atoms with Crippen LogP contribution < -0.4 is 16.0 Å². The Balaban J connectivity index is 2.11. The summed E-state index contributed by atoms with van der Waals surface area (Å²) in [7, 11) is 0. The highest BCUT2D eigenvalue weighted by molar-refractivity contribution is 5.79. The number of anilines is 1. The van der Waals surface area contributed by atoms with Gasteiger partial charge in [-0.3, -0.25) is 4.99 Å². The van der Waals surface area contributed by atoms with Crippen LogP contribution in [0.3, 0.4) is 0 Å². The van der Waals surface area contributed by atoms with E-state index in [-0.39, 0.29) is 0 Å². The number of nitrogens with zero attached hydrogens (tertiary/aromatic N) is 2. The first-order valence-corrected chi connectivity index (χ1v) is 7.04. The molecule has 0 saturated heterocycles. The minimum Gasteiger partial charge on any atom is -0.370 e. The Bertz CT molecular complexity index is 342. The molecule has 0 aliphatic carbocycles. The smallest absolute Gasteiger partial charge is 0.191 e. The second kappa shape index (κ2) is 10.2. The molecule has 0 fully saturated rings. The first-order valence-electron chi connectivity index (χ1n) is 7.04. The second-order valence-corrected chi connectivity index (χ2v) is 4.14. The van der Waals surface area contributed by atoms with Crippen molar-refractivity contribution in [3.05, 3.63) is 24.4 Å². The van der Waals surface area contributed by atoms with Gasteiger partial charge in [-0.05, 0) is 38.8 Å². The zero-order chi connectivity index (χ0) is 13.8. The molecule has 1 rings (SSSR count). The molecule has 1 aromatic rings. The highest BCUT2D eigenvalue weighted by atomic mass is 15.2. The molecule has 0 aliphatic heterocycles. The van der Waals surface area contributed by atoms with Crippen LogP contribution in [0.4, 0.5) is 5.82 Å². The van der Waals surface area contributed by atoms with Crippen LogP contribution in [0.1, 0.15) is 26.7 Å². The van der Waals surface area contributed by atoms with Gasteiger partial charge in [0.05, 0.1) is 0 Å². The molecule has 1 heterocycles. The topological polar surface area (TPSA) is 61.3 Å². The van der Waals surface area contributed by atoms with E-state index < -0.39 is 0 Å². The molecular formula is C14H25N5. The number of aliphatic imine (C=N–C) groups is 1. The van der Waals surface area contributed by atoms with Crippen molar-refractivity contribution in [1.82, 2.24) is 15.6 Å². The average molecular weight is 263 g/mol. The van der Waals surface area contributed by atoms with E-state index in [1.165, 1.54) is 0 Å². The van der Waals surface area contributed by atoms with Crippen molar-refractivity contribution < 1.29 is 0 Å². The van der Waals surface area contributed by atoms with Crippen LogP contribution in [0.5, 0.6) is 0 Å². The van der Waals surface area contributed by atoms with E-state index in [9.17, 15) is 0 Å². The van der Waals surface area contributed by atoms with Gasteiger partial charge < -0.3 is 16.0 Å². The second-order valence-electron chi connectivity index (χ2n) is 4.14. The van der Waals surface area contributed by atoms with Crippen molar-refractivity contribution in [3.63, 3.8) is 0 Å². The van der Waals surface area contributed by atoms with Gasteiger partial charge in [-0.25, -0.2) is 4.98 Å². The summed E-state index contributed by atoms with van der Waals surface area (Å²) in [6.45, 7) is 7.72. The summed E-state index contributed by atoms with van der Waals surface area (Å²) in [5.74, 6) is 1.84. The standard InChI is InChI=1S/C14H25N5/c1-3-15-14(16-4-2)19-12-8-7-11-18-13-9-5-6-10-17-13/h5-6,9-10H,3-4,7-8,11-12H2,1-2H3,(H,17,18)(H2,15,16,19). The minimum absolute atomic E-state index is 0.846. The van der Waals surface area contributed by atoms with E-state index in [0.29, 0.717) is 0 Å². The first kappa shape index (κ1) is 15.3. The molecule has 19 heavy (non-hydrogen) atoms. The fourth-order valence-corrected chi connectivity index (χ4v) is 1.62. The predicted octanol–water partition coefficient (Wildman–Crippen LogP) is 1.85. The van der Waals surface area contributed by atoms with E-state index in [0.717, 1.165) is 50.8 Å². The molecule has 0 aliphatic rings. The Morgan fingerprint density at radius 3 is 2.58 bits per heavy atom. The maximum Gasteiger partial charge on any atom is 0.191 e. The van der Waals surface area contributed by atoms with Crippen LogP contribution in [0, 0.1) is 0 Å². The molecule has 106 valence electrons. The van der Waals surface area contributed by atoms with Gasteiger partial charge >= 0.3 is 0 Å². The van der Waals surface area contributed by atoms with E-state index in [1.807, 2.05) is 18.2 Å². The molecule has 0 spiro atoms. The van der Waals surface area contributed by atoms with Crippen LogP contribution in [-0.4, -0.2) is 37.1 Å². The number of nitrogens with one attached hydrogen (secondary N) is 3. The zero-order valence-electron chi connectivity index (χ0n) is 11.9. The first-order chi connectivity index (χ1) is 9.36. The van der Waals surface area contributed by atoms with Crippen molar-refractivity contribution in [3.8, 4) is 0 Å². The van der Waals surface area contributed by atoms with Crippen molar-refractivity contribution in [2.24, 2.45) is 4.99 Å². The molecule has 0 atom stereocenters. The lowest BCUT2D eigenvalue weighted by Crippen LogP contribution is -2.37. The van der Waals surface area contributed by atoms with Crippen LogP contribution in [-0.2, 0) is 0 Å². The quantitative estimate of drug-likeness (QED) is 0.380. The van der Waals surface area contributed by atoms with Crippen LogP contribution >= 0.6 is 0 Å². The number of hydrogen-bond donors (Lipinski definition) is 3. The molecule has 0 radical (unpaired) electrons. The number of rotatable bonds is 8. The number of pyridine rings is 1. The Morgan fingerprint density at radius 1 is 1.16 bits per heavy atom. The normalized spacial score (nSPS) is 9.79. The zero-order valence-corrected chi connectivity index (χ0v) is 11.9. The highest BCUT2D eigenvalue weighted by Gasteiger charge is 1.94. The van der Waals surface area contributed by atoms with Gasteiger partial charge in [-0.2, -0.15) is 0 Å². The summed E-state index contributed by atoms with van der Waals surface area (Å²) in [5.41, 5.74) is 0. The summed E-state index contributed by atoms with van der Waals surface area (Å²) in [6.07, 6.45) is 3.96. The Hall–Kier alpha value is -1.78. The van der Waals surface area contributed by atoms with Gasteiger partial charge in [0.1, 0.15) is 5.82 Å². The van der Waals surface area contributed by atoms with Crippen molar-refractivity contribution >= 4 is 11.8 Å². The molecule has 0 amide bonds. The van der Waals surface area contributed by atoms with Crippen molar-refractivity contribution in [2.75, 3.05) is 31.5 Å². The largest absolute Gasteiger partial charge is 0.370 e. The summed E-state index contributed by atoms with van der Waals surface area (Å²) >= 11 is 0. The average Bonchev–Trinajstić information content (AvgIpc) is 2.44. The molecule has 5 heteroatoms. The maximum absolute atomic E-state index is 4.50. The van der Waals surface area contributed by atoms with Gasteiger partial charge in [-0.15, -0.1) is 0 Å². The lowest BCUT2D eigenvalue weighted by molar-refractivity contribution is 0.756. The third kappa shape index (κ3) is 7.28. The number of guanidine groups is 1. The van der Waals surface area contributed by atoms with Crippen LogP contribution in [0.2, 0.25) is 0 Å². The van der Waals surface area contributed by atoms with Crippen molar-refractivity contribution in [1.29, 1.82) is 0 Å². The predicted molar refractivity (Wildman–Crippen MR) is 81.6 cm³/mol. The fraction of sp³-hybridized carbons (Fsp3) is 0.571. The molecule has 0 unspecified atom stereocenters. The Labute approximate surface area is 115 Å². The monoisotopic (exact) mass is 263 g/mol. The summed E-state index contributed by atoms with van der Waals surface area (Å²) in [6, 6.07) is 5.88. The molecule has 0 bridgehead atoms. The van der Waals surface area contributed by atoms with Gasteiger partial charge in [0.2, 0.25) is 0 Å². The third-order valence-electron chi connectivity index (χ3n) is 2.51. The minimum atomic E-state index is 0.846. The summed E-state index contributed by atoms with van der Waals surface area (Å²) < 4.78 is 0. The van der Waals surface area contributed by atoms with E-state index in [2.05, 4.69) is 39.8 Å². The lowest BCUT2D eigenvalue weighted by Gasteiger charge is -2.09. The molecular weight excluding hydrogens is 238 g/mol. The molecule has 0 saturated carbocycles. The van der Waals surface area contributed by atoms with E-state index in [1.54, 1.807) is 6.20 Å². The lowest BCUT2D eigenvalue weighted by atomic mass is 10.3. The third-order valence-corrected chi connectivity index (χ3v) is 2.51. The van der Waals surface area contributed by atoms with Gasteiger partial charge in [0.25, 0.3) is 0 Å². The fourth-order valence-electron chi connectivity index (χ4n) is 1.62. The van der Waals surface area contributed by atoms with Gasteiger partial charge in [-0.1, -0.05) is 6.07 Å². The highest BCUT2D eigenvalue weighted by Crippen LogP contribution is 2.00. The van der Waals surface area contributed by atoms with Crippen LogP contribution in [0.25, 0.3) is 0 Å².